The van der Waals surface area contributed by atoms with Crippen molar-refractivity contribution in [1.82, 2.24) is 9.97 Å². The molecule has 0 aliphatic carbocycles. The van der Waals surface area contributed by atoms with E-state index in [1.807, 2.05) is 18.2 Å². The molecule has 5 heteroatoms. The summed E-state index contributed by atoms with van der Waals surface area (Å²) in [5, 5.41) is 3.24. The summed E-state index contributed by atoms with van der Waals surface area (Å²) in [6.07, 6.45) is 2.54. The third-order valence-corrected chi connectivity index (χ3v) is 3.75. The van der Waals surface area contributed by atoms with Crippen LogP contribution >= 0.6 is 15.9 Å². The van der Waals surface area contributed by atoms with Crippen LogP contribution in [-0.4, -0.2) is 16.5 Å². The van der Waals surface area contributed by atoms with E-state index in [4.69, 9.17) is 4.74 Å². The van der Waals surface area contributed by atoms with Crippen LogP contribution in [0.25, 0.3) is 0 Å². The average molecular weight is 350 g/mol. The molecule has 0 fully saturated rings. The third kappa shape index (κ3) is 4.17. The lowest BCUT2D eigenvalue weighted by atomic mass is 10.0. The summed E-state index contributed by atoms with van der Waals surface area (Å²) in [6, 6.07) is 8.06. The summed E-state index contributed by atoms with van der Waals surface area (Å²) < 4.78 is 6.63. The van der Waals surface area contributed by atoms with Gasteiger partial charge in [-0.1, -0.05) is 32.9 Å². The minimum atomic E-state index is 0.462. The maximum absolute atomic E-state index is 5.88. The second-order valence-corrected chi connectivity index (χ2v) is 5.89. The fourth-order valence-electron chi connectivity index (χ4n) is 1.84. The fraction of sp³-hybridized carbons (Fsp3) is 0.375. The number of hydrogen-bond donors (Lipinski definition) is 1. The molecule has 4 nitrogen and oxygen atoms in total. The molecule has 2 aromatic rings. The van der Waals surface area contributed by atoms with Crippen LogP contribution in [0.1, 0.15) is 38.7 Å². The number of anilines is 1. The highest BCUT2D eigenvalue weighted by Gasteiger charge is 2.11. The predicted octanol–water partition coefficient (Wildman–Crippen LogP) is 4.98. The number of halogens is 1. The number of aromatic nitrogens is 2. The minimum absolute atomic E-state index is 0.462. The van der Waals surface area contributed by atoms with Crippen LogP contribution in [0.2, 0.25) is 0 Å². The molecule has 0 spiro atoms. The van der Waals surface area contributed by atoms with E-state index in [0.717, 1.165) is 29.0 Å². The Balaban J connectivity index is 2.21. The Bertz CT molecular complexity index is 602. The molecular weight excluding hydrogens is 330 g/mol. The van der Waals surface area contributed by atoms with Gasteiger partial charge in [-0.2, -0.15) is 0 Å². The van der Waals surface area contributed by atoms with Gasteiger partial charge in [-0.3, -0.25) is 0 Å². The molecule has 1 aromatic carbocycles. The SMILES string of the molecule is CCCNc1ncnc(Oc2cccc(C(C)C)c2)c1Br. The molecule has 1 aromatic heterocycles. The largest absolute Gasteiger partial charge is 0.438 e. The third-order valence-electron chi connectivity index (χ3n) is 3.04. The number of rotatable bonds is 6. The molecule has 0 bridgehead atoms. The summed E-state index contributed by atoms with van der Waals surface area (Å²) in [5.74, 6) is 2.51. The molecule has 0 radical (unpaired) electrons. The fourth-order valence-corrected chi connectivity index (χ4v) is 2.27. The van der Waals surface area contributed by atoms with Gasteiger partial charge in [0.1, 0.15) is 22.4 Å². The van der Waals surface area contributed by atoms with Gasteiger partial charge in [0.25, 0.3) is 0 Å². The molecule has 0 saturated heterocycles. The van der Waals surface area contributed by atoms with Crippen LogP contribution < -0.4 is 10.1 Å². The van der Waals surface area contributed by atoms with Gasteiger partial charge in [0.2, 0.25) is 5.88 Å². The highest BCUT2D eigenvalue weighted by molar-refractivity contribution is 9.10. The Kier molecular flexibility index (Phi) is 5.56. The van der Waals surface area contributed by atoms with Crippen molar-refractivity contribution in [2.75, 3.05) is 11.9 Å². The van der Waals surface area contributed by atoms with Gasteiger partial charge in [-0.05, 0) is 46.0 Å². The molecule has 0 atom stereocenters. The maximum Gasteiger partial charge on any atom is 0.238 e. The normalized spacial score (nSPS) is 10.7. The minimum Gasteiger partial charge on any atom is -0.438 e. The van der Waals surface area contributed by atoms with Crippen LogP contribution in [0, 0.1) is 0 Å². The first-order valence-electron chi connectivity index (χ1n) is 7.14. The van der Waals surface area contributed by atoms with E-state index in [9.17, 15) is 0 Å². The molecular formula is C16H20BrN3O. The summed E-state index contributed by atoms with van der Waals surface area (Å²) in [7, 11) is 0. The smallest absolute Gasteiger partial charge is 0.238 e. The monoisotopic (exact) mass is 349 g/mol. The van der Waals surface area contributed by atoms with Crippen molar-refractivity contribution < 1.29 is 4.74 Å². The van der Waals surface area contributed by atoms with Gasteiger partial charge < -0.3 is 10.1 Å². The van der Waals surface area contributed by atoms with E-state index < -0.39 is 0 Å². The first-order valence-corrected chi connectivity index (χ1v) is 7.93. The van der Waals surface area contributed by atoms with Gasteiger partial charge in [0.05, 0.1) is 0 Å². The van der Waals surface area contributed by atoms with Crippen LogP contribution in [0.15, 0.2) is 35.1 Å². The van der Waals surface area contributed by atoms with Crippen molar-refractivity contribution in [3.63, 3.8) is 0 Å². The van der Waals surface area contributed by atoms with E-state index in [1.165, 1.54) is 11.9 Å². The van der Waals surface area contributed by atoms with Crippen LogP contribution in [0.4, 0.5) is 5.82 Å². The number of hydrogen-bond acceptors (Lipinski definition) is 4. The molecule has 0 aliphatic heterocycles. The molecule has 21 heavy (non-hydrogen) atoms. The van der Waals surface area contributed by atoms with Crippen LogP contribution in [0.3, 0.4) is 0 Å². The Morgan fingerprint density at radius 1 is 1.29 bits per heavy atom. The van der Waals surface area contributed by atoms with E-state index >= 15 is 0 Å². The van der Waals surface area contributed by atoms with Crippen LogP contribution in [-0.2, 0) is 0 Å². The molecule has 1 N–H and O–H groups in total. The van der Waals surface area contributed by atoms with Crippen molar-refractivity contribution in [2.24, 2.45) is 0 Å². The van der Waals surface area contributed by atoms with Crippen molar-refractivity contribution in [3.8, 4) is 11.6 Å². The lowest BCUT2D eigenvalue weighted by Gasteiger charge is -2.12. The summed E-state index contributed by atoms with van der Waals surface area (Å²) in [4.78, 5) is 8.41. The Hall–Kier alpha value is -1.62. The molecule has 1 heterocycles. The molecule has 2 rings (SSSR count). The van der Waals surface area contributed by atoms with Gasteiger partial charge >= 0.3 is 0 Å². The number of nitrogens with one attached hydrogen (secondary N) is 1. The van der Waals surface area contributed by atoms with Gasteiger partial charge in [0, 0.05) is 6.54 Å². The number of nitrogens with zero attached hydrogens (tertiary/aromatic N) is 2. The molecule has 0 unspecified atom stereocenters. The van der Waals surface area contributed by atoms with E-state index in [1.54, 1.807) is 0 Å². The summed E-state index contributed by atoms with van der Waals surface area (Å²) in [6.45, 7) is 7.29. The second kappa shape index (κ2) is 7.41. The highest BCUT2D eigenvalue weighted by Crippen LogP contribution is 2.32. The highest BCUT2D eigenvalue weighted by atomic mass is 79.9. The zero-order valence-electron chi connectivity index (χ0n) is 12.6. The second-order valence-electron chi connectivity index (χ2n) is 5.10. The van der Waals surface area contributed by atoms with Crippen molar-refractivity contribution in [1.29, 1.82) is 0 Å². The molecule has 0 aliphatic rings. The van der Waals surface area contributed by atoms with Gasteiger partial charge in [0.15, 0.2) is 0 Å². The first kappa shape index (κ1) is 15.8. The Labute approximate surface area is 134 Å². The van der Waals surface area contributed by atoms with Crippen molar-refractivity contribution in [3.05, 3.63) is 40.6 Å². The molecule has 0 amide bonds. The summed E-state index contributed by atoms with van der Waals surface area (Å²) >= 11 is 3.50. The van der Waals surface area contributed by atoms with Gasteiger partial charge in [-0.15, -0.1) is 0 Å². The Morgan fingerprint density at radius 3 is 2.81 bits per heavy atom. The van der Waals surface area contributed by atoms with E-state index in [-0.39, 0.29) is 0 Å². The first-order chi connectivity index (χ1) is 10.1. The maximum atomic E-state index is 5.88. The molecule has 112 valence electrons. The summed E-state index contributed by atoms with van der Waals surface area (Å²) in [5.41, 5.74) is 1.24. The zero-order valence-corrected chi connectivity index (χ0v) is 14.1. The van der Waals surface area contributed by atoms with Gasteiger partial charge in [-0.25, -0.2) is 9.97 Å². The van der Waals surface area contributed by atoms with E-state index in [0.29, 0.717) is 11.8 Å². The standard InChI is InChI=1S/C16H20BrN3O/c1-4-8-18-15-14(17)16(20-10-19-15)21-13-7-5-6-12(9-13)11(2)3/h5-7,9-11H,4,8H2,1-3H3,(H,18,19,20). The quantitative estimate of drug-likeness (QED) is 0.798. The molecule has 0 saturated carbocycles. The van der Waals surface area contributed by atoms with Crippen molar-refractivity contribution >= 4 is 21.7 Å². The lowest BCUT2D eigenvalue weighted by molar-refractivity contribution is 0.457. The number of benzene rings is 1. The predicted molar refractivity (Wildman–Crippen MR) is 89.1 cm³/mol. The number of ether oxygens (including phenoxy) is 1. The Morgan fingerprint density at radius 2 is 2.10 bits per heavy atom. The van der Waals surface area contributed by atoms with E-state index in [2.05, 4.69) is 58.1 Å². The lowest BCUT2D eigenvalue weighted by Crippen LogP contribution is -2.04. The van der Waals surface area contributed by atoms with Crippen LogP contribution in [0.5, 0.6) is 11.6 Å². The average Bonchev–Trinajstić information content (AvgIpc) is 2.48. The van der Waals surface area contributed by atoms with Crippen molar-refractivity contribution in [2.45, 2.75) is 33.1 Å². The zero-order chi connectivity index (χ0) is 15.2. The topological polar surface area (TPSA) is 47.0 Å².